The highest BCUT2D eigenvalue weighted by Crippen LogP contribution is 2.08. The Bertz CT molecular complexity index is 394. The van der Waals surface area contributed by atoms with Crippen LogP contribution in [-0.4, -0.2) is 31.6 Å². The molecule has 0 fully saturated rings. The number of ether oxygens (including phenoxy) is 1. The minimum atomic E-state index is -0.338. The molecule has 0 aliphatic carbocycles. The van der Waals surface area contributed by atoms with E-state index in [9.17, 15) is 9.59 Å². The van der Waals surface area contributed by atoms with E-state index in [1.54, 1.807) is 0 Å². The molecular formula is C14H21ClN2O3. The number of nitrogens with one attached hydrogen (secondary N) is 1. The van der Waals surface area contributed by atoms with Gasteiger partial charge < -0.3 is 15.8 Å². The quantitative estimate of drug-likeness (QED) is 0.738. The van der Waals surface area contributed by atoms with Crippen molar-refractivity contribution >= 4 is 24.3 Å². The van der Waals surface area contributed by atoms with Crippen LogP contribution in [0.4, 0.5) is 0 Å². The third-order valence-corrected chi connectivity index (χ3v) is 2.82. The molecule has 3 N–H and O–H groups in total. The molecule has 0 radical (unpaired) electrons. The van der Waals surface area contributed by atoms with Crippen molar-refractivity contribution in [3.8, 4) is 0 Å². The summed E-state index contributed by atoms with van der Waals surface area (Å²) in [4.78, 5) is 22.6. The van der Waals surface area contributed by atoms with E-state index in [1.807, 2.05) is 30.3 Å². The Morgan fingerprint density at radius 2 is 1.95 bits per heavy atom. The Labute approximate surface area is 125 Å². The highest BCUT2D eigenvalue weighted by Gasteiger charge is 2.16. The van der Waals surface area contributed by atoms with E-state index in [4.69, 9.17) is 5.73 Å². The fourth-order valence-electron chi connectivity index (χ4n) is 1.78. The van der Waals surface area contributed by atoms with Gasteiger partial charge >= 0.3 is 5.97 Å². The van der Waals surface area contributed by atoms with Crippen LogP contribution >= 0.6 is 12.4 Å². The maximum absolute atomic E-state index is 11.3. The molecule has 0 saturated carbocycles. The third-order valence-electron chi connectivity index (χ3n) is 2.82. The summed E-state index contributed by atoms with van der Waals surface area (Å²) < 4.78 is 4.63. The molecular weight excluding hydrogens is 280 g/mol. The summed E-state index contributed by atoms with van der Waals surface area (Å²) >= 11 is 0. The molecule has 1 aromatic carbocycles. The van der Waals surface area contributed by atoms with Gasteiger partial charge in [0.05, 0.1) is 20.1 Å². The van der Waals surface area contributed by atoms with E-state index in [-0.39, 0.29) is 43.3 Å². The molecule has 112 valence electrons. The first-order valence-corrected chi connectivity index (χ1v) is 6.26. The highest BCUT2D eigenvalue weighted by molar-refractivity contribution is 5.85. The van der Waals surface area contributed by atoms with Crippen molar-refractivity contribution in [3.05, 3.63) is 35.9 Å². The molecule has 0 saturated heterocycles. The molecule has 0 aromatic heterocycles. The second-order valence-corrected chi connectivity index (χ2v) is 4.27. The van der Waals surface area contributed by atoms with Crippen LogP contribution in [0, 0.1) is 0 Å². The fraction of sp³-hybridized carbons (Fsp3) is 0.429. The predicted molar refractivity (Wildman–Crippen MR) is 79.6 cm³/mol. The number of carbonyl (C=O) groups is 2. The van der Waals surface area contributed by atoms with Crippen LogP contribution in [0.25, 0.3) is 0 Å². The van der Waals surface area contributed by atoms with Crippen LogP contribution in [0.1, 0.15) is 18.4 Å². The zero-order valence-corrected chi connectivity index (χ0v) is 12.3. The van der Waals surface area contributed by atoms with Gasteiger partial charge in [0.25, 0.3) is 0 Å². The molecule has 0 aliphatic heterocycles. The van der Waals surface area contributed by atoms with Crippen molar-refractivity contribution in [2.45, 2.75) is 25.3 Å². The number of esters is 1. The number of rotatable bonds is 7. The van der Waals surface area contributed by atoms with Gasteiger partial charge in [-0.1, -0.05) is 30.3 Å². The number of methoxy groups -OCH3 is 1. The summed E-state index contributed by atoms with van der Waals surface area (Å²) in [6, 6.07) is 9.65. The van der Waals surface area contributed by atoms with Gasteiger partial charge in [-0.2, -0.15) is 0 Å². The molecule has 1 aromatic rings. The molecule has 0 spiro atoms. The smallest absolute Gasteiger partial charge is 0.307 e. The molecule has 1 amide bonds. The minimum Gasteiger partial charge on any atom is -0.469 e. The maximum atomic E-state index is 11.3. The summed E-state index contributed by atoms with van der Waals surface area (Å²) in [5.74, 6) is -0.600. The van der Waals surface area contributed by atoms with Gasteiger partial charge in [0.1, 0.15) is 0 Å². The molecule has 0 aliphatic rings. The molecule has 1 rings (SSSR count). The van der Waals surface area contributed by atoms with Crippen molar-refractivity contribution in [3.63, 3.8) is 0 Å². The summed E-state index contributed by atoms with van der Waals surface area (Å²) in [7, 11) is 1.33. The van der Waals surface area contributed by atoms with Crippen LogP contribution in [0.5, 0.6) is 0 Å². The Morgan fingerprint density at radius 1 is 1.30 bits per heavy atom. The van der Waals surface area contributed by atoms with Crippen molar-refractivity contribution in [2.24, 2.45) is 5.73 Å². The minimum absolute atomic E-state index is 0. The molecule has 1 unspecified atom stereocenters. The second-order valence-electron chi connectivity index (χ2n) is 4.27. The first-order chi connectivity index (χ1) is 9.15. The van der Waals surface area contributed by atoms with Gasteiger partial charge in [0.2, 0.25) is 5.91 Å². The SMILES string of the molecule is COC(=O)CC(CCc1ccccc1)NC(=O)CN.Cl. The topological polar surface area (TPSA) is 81.4 Å². The van der Waals surface area contributed by atoms with E-state index in [0.717, 1.165) is 6.42 Å². The molecule has 0 heterocycles. The standard InChI is InChI=1S/C14H20N2O3.ClH/c1-19-14(18)9-12(16-13(17)10-15)8-7-11-5-3-2-4-6-11;/h2-6,12H,7-10,15H2,1H3,(H,16,17);1H. The van der Waals surface area contributed by atoms with Crippen molar-refractivity contribution in [1.29, 1.82) is 0 Å². The van der Waals surface area contributed by atoms with Gasteiger partial charge in [0, 0.05) is 6.04 Å². The second kappa shape index (κ2) is 10.2. The van der Waals surface area contributed by atoms with E-state index >= 15 is 0 Å². The number of nitrogens with two attached hydrogens (primary N) is 1. The lowest BCUT2D eigenvalue weighted by Crippen LogP contribution is -2.40. The average Bonchev–Trinajstić information content (AvgIpc) is 2.45. The summed E-state index contributed by atoms with van der Waals surface area (Å²) in [6.07, 6.45) is 1.62. The Kier molecular flexibility index (Phi) is 9.41. The number of amides is 1. The van der Waals surface area contributed by atoms with E-state index < -0.39 is 0 Å². The highest BCUT2D eigenvalue weighted by atomic mass is 35.5. The van der Waals surface area contributed by atoms with Gasteiger partial charge in [0.15, 0.2) is 0 Å². The lowest BCUT2D eigenvalue weighted by molar-refractivity contribution is -0.141. The first kappa shape index (κ1) is 18.4. The number of hydrogen-bond acceptors (Lipinski definition) is 4. The number of aryl methyl sites for hydroxylation is 1. The number of halogens is 1. The third kappa shape index (κ3) is 7.11. The van der Waals surface area contributed by atoms with Crippen molar-refractivity contribution in [1.82, 2.24) is 5.32 Å². The lowest BCUT2D eigenvalue weighted by Gasteiger charge is -2.17. The van der Waals surface area contributed by atoms with Gasteiger partial charge in [-0.3, -0.25) is 9.59 Å². The summed E-state index contributed by atoms with van der Waals surface area (Å²) in [5, 5.41) is 2.74. The van der Waals surface area contributed by atoms with Crippen LogP contribution in [0.2, 0.25) is 0 Å². The Hall–Kier alpha value is -1.59. The Balaban J connectivity index is 0.00000361. The van der Waals surface area contributed by atoms with Gasteiger partial charge in [-0.15, -0.1) is 12.4 Å². The normalized spacial score (nSPS) is 11.1. The lowest BCUT2D eigenvalue weighted by atomic mass is 10.0. The molecule has 5 nitrogen and oxygen atoms in total. The first-order valence-electron chi connectivity index (χ1n) is 6.26. The largest absolute Gasteiger partial charge is 0.469 e. The van der Waals surface area contributed by atoms with E-state index in [1.165, 1.54) is 12.7 Å². The fourth-order valence-corrected chi connectivity index (χ4v) is 1.78. The molecule has 6 heteroatoms. The van der Waals surface area contributed by atoms with Crippen LogP contribution < -0.4 is 11.1 Å². The Morgan fingerprint density at radius 3 is 2.50 bits per heavy atom. The van der Waals surface area contributed by atoms with Gasteiger partial charge in [-0.25, -0.2) is 0 Å². The van der Waals surface area contributed by atoms with Gasteiger partial charge in [-0.05, 0) is 18.4 Å². The average molecular weight is 301 g/mol. The molecule has 1 atom stereocenters. The zero-order chi connectivity index (χ0) is 14.1. The zero-order valence-electron chi connectivity index (χ0n) is 11.5. The van der Waals surface area contributed by atoms with Crippen LogP contribution in [0.3, 0.4) is 0 Å². The monoisotopic (exact) mass is 300 g/mol. The maximum Gasteiger partial charge on any atom is 0.307 e. The molecule has 20 heavy (non-hydrogen) atoms. The van der Waals surface area contributed by atoms with Crippen LogP contribution in [0.15, 0.2) is 30.3 Å². The summed E-state index contributed by atoms with van der Waals surface area (Å²) in [6.45, 7) is -0.0803. The van der Waals surface area contributed by atoms with Crippen molar-refractivity contribution in [2.75, 3.05) is 13.7 Å². The summed E-state index contributed by atoms with van der Waals surface area (Å²) in [5.41, 5.74) is 6.43. The van der Waals surface area contributed by atoms with Crippen molar-refractivity contribution < 1.29 is 14.3 Å². The number of hydrogen-bond donors (Lipinski definition) is 2. The van der Waals surface area contributed by atoms with E-state index in [0.29, 0.717) is 6.42 Å². The number of benzene rings is 1. The van der Waals surface area contributed by atoms with Crippen LogP contribution in [-0.2, 0) is 20.7 Å². The predicted octanol–water partition coefficient (Wildman–Crippen LogP) is 1.05. The van der Waals surface area contributed by atoms with E-state index in [2.05, 4.69) is 10.1 Å². The molecule has 0 bridgehead atoms. The number of carbonyl (C=O) groups excluding carboxylic acids is 2.